The number of piperidine rings is 1. The van der Waals surface area contributed by atoms with Crippen LogP contribution in [-0.4, -0.2) is 40.7 Å². The van der Waals surface area contributed by atoms with Gasteiger partial charge in [0, 0.05) is 12.0 Å². The summed E-state index contributed by atoms with van der Waals surface area (Å²) in [5, 5.41) is 13.1. The Balaban J connectivity index is 1.87. The first-order valence-electron chi connectivity index (χ1n) is 6.88. The molecule has 0 aliphatic carbocycles. The molecular weight excluding hydrogens is 242 g/mol. The molecule has 1 atom stereocenters. The number of aromatic nitrogens is 3. The average molecular weight is 265 g/mol. The molecule has 1 aromatic rings. The van der Waals surface area contributed by atoms with Gasteiger partial charge in [-0.2, -0.15) is 0 Å². The maximum Gasteiger partial charge on any atom is 0.290 e. The maximum atomic E-state index is 12.0. The summed E-state index contributed by atoms with van der Waals surface area (Å²) in [5.74, 6) is 1.28. The van der Waals surface area contributed by atoms with Gasteiger partial charge in [0.15, 0.2) is 0 Å². The van der Waals surface area contributed by atoms with Gasteiger partial charge < -0.3 is 10.6 Å². The number of carbonyl (C=O) groups is 1. The first kappa shape index (κ1) is 14.0. The molecule has 0 spiro atoms. The molecule has 1 aliphatic heterocycles. The first-order valence-corrected chi connectivity index (χ1v) is 6.88. The minimum absolute atomic E-state index is 0.126. The lowest BCUT2D eigenvalue weighted by molar-refractivity contribution is 0.0934. The number of amides is 1. The number of carbonyl (C=O) groups excluding carboxylic acids is 1. The molecular formula is C13H23N5O. The highest BCUT2D eigenvalue weighted by atomic mass is 16.2. The molecule has 1 amide bonds. The van der Waals surface area contributed by atoms with Crippen LogP contribution in [0.5, 0.6) is 0 Å². The molecule has 1 saturated heterocycles. The van der Waals surface area contributed by atoms with Crippen molar-refractivity contribution >= 4 is 5.91 Å². The Labute approximate surface area is 113 Å². The molecule has 19 heavy (non-hydrogen) atoms. The summed E-state index contributed by atoms with van der Waals surface area (Å²) in [6.45, 7) is 8.84. The molecule has 0 radical (unpaired) electrons. The van der Waals surface area contributed by atoms with Crippen molar-refractivity contribution in [2.45, 2.75) is 39.0 Å². The van der Waals surface area contributed by atoms with E-state index >= 15 is 0 Å². The lowest BCUT2D eigenvalue weighted by Gasteiger charge is -2.22. The molecule has 2 rings (SSSR count). The largest absolute Gasteiger partial charge is 0.349 e. The van der Waals surface area contributed by atoms with Crippen molar-refractivity contribution in [3.05, 3.63) is 11.6 Å². The normalized spacial score (nSPS) is 20.3. The minimum Gasteiger partial charge on any atom is -0.349 e. The molecule has 0 bridgehead atoms. The molecule has 6 nitrogen and oxygen atoms in total. The molecule has 0 aromatic carbocycles. The van der Waals surface area contributed by atoms with Crippen molar-refractivity contribution in [3.63, 3.8) is 0 Å². The monoisotopic (exact) mass is 265 g/mol. The Kier molecular flexibility index (Phi) is 4.19. The van der Waals surface area contributed by atoms with Crippen LogP contribution in [0.2, 0.25) is 0 Å². The van der Waals surface area contributed by atoms with Gasteiger partial charge in [0.2, 0.25) is 5.82 Å². The number of aromatic amines is 1. The van der Waals surface area contributed by atoms with Gasteiger partial charge in [-0.3, -0.25) is 9.89 Å². The third-order valence-electron chi connectivity index (χ3n) is 3.35. The Morgan fingerprint density at radius 1 is 1.47 bits per heavy atom. The summed E-state index contributed by atoms with van der Waals surface area (Å²) in [6.07, 6.45) is 2.34. The quantitative estimate of drug-likeness (QED) is 0.756. The molecule has 1 fully saturated rings. The van der Waals surface area contributed by atoms with Crippen molar-refractivity contribution < 1.29 is 4.79 Å². The highest BCUT2D eigenvalue weighted by molar-refractivity contribution is 5.90. The predicted octanol–water partition coefficient (Wildman–Crippen LogP) is 0.832. The number of rotatable bonds is 3. The fourth-order valence-electron chi connectivity index (χ4n) is 2.11. The van der Waals surface area contributed by atoms with Gasteiger partial charge in [0.1, 0.15) is 5.82 Å². The standard InChI is InChI=1S/C13H23N5O/c1-13(2,3)12-16-10(17-18-12)11(19)15-8-9-5-4-6-14-7-9/h9,14H,4-8H2,1-3H3,(H,15,19)(H,16,17,18). The van der Waals surface area contributed by atoms with Crippen LogP contribution in [0.4, 0.5) is 0 Å². The number of nitrogens with one attached hydrogen (secondary N) is 3. The highest BCUT2D eigenvalue weighted by Crippen LogP contribution is 2.17. The molecule has 6 heteroatoms. The number of hydrogen-bond acceptors (Lipinski definition) is 4. The Hall–Kier alpha value is -1.43. The Morgan fingerprint density at radius 2 is 2.26 bits per heavy atom. The fraction of sp³-hybridized carbons (Fsp3) is 0.769. The molecule has 3 N–H and O–H groups in total. The van der Waals surface area contributed by atoms with Crippen molar-refractivity contribution in [3.8, 4) is 0 Å². The molecule has 1 unspecified atom stereocenters. The third kappa shape index (κ3) is 3.76. The van der Waals surface area contributed by atoms with E-state index in [0.29, 0.717) is 12.5 Å². The minimum atomic E-state index is -0.197. The van der Waals surface area contributed by atoms with Gasteiger partial charge in [-0.1, -0.05) is 20.8 Å². The Bertz CT molecular complexity index is 428. The summed E-state index contributed by atoms with van der Waals surface area (Å²) in [6, 6.07) is 0. The maximum absolute atomic E-state index is 12.0. The summed E-state index contributed by atoms with van der Waals surface area (Å²) < 4.78 is 0. The van der Waals surface area contributed by atoms with Crippen LogP contribution in [0.15, 0.2) is 0 Å². The van der Waals surface area contributed by atoms with E-state index in [2.05, 4.69) is 25.8 Å². The van der Waals surface area contributed by atoms with Crippen LogP contribution < -0.4 is 10.6 Å². The first-order chi connectivity index (χ1) is 8.97. The van der Waals surface area contributed by atoms with Crippen LogP contribution >= 0.6 is 0 Å². The SMILES string of the molecule is CC(C)(C)c1nc(C(=O)NCC2CCCNC2)n[nH]1. The van der Waals surface area contributed by atoms with Crippen LogP contribution in [-0.2, 0) is 5.41 Å². The summed E-state index contributed by atoms with van der Waals surface area (Å²) in [7, 11) is 0. The van der Waals surface area contributed by atoms with Crippen molar-refractivity contribution in [1.82, 2.24) is 25.8 Å². The lowest BCUT2D eigenvalue weighted by Crippen LogP contribution is -2.38. The van der Waals surface area contributed by atoms with Crippen molar-refractivity contribution in [2.75, 3.05) is 19.6 Å². The van der Waals surface area contributed by atoms with E-state index in [4.69, 9.17) is 0 Å². The van der Waals surface area contributed by atoms with E-state index in [1.165, 1.54) is 6.42 Å². The van der Waals surface area contributed by atoms with E-state index in [9.17, 15) is 4.79 Å². The smallest absolute Gasteiger partial charge is 0.290 e. The van der Waals surface area contributed by atoms with E-state index in [-0.39, 0.29) is 17.1 Å². The van der Waals surface area contributed by atoms with Crippen molar-refractivity contribution in [1.29, 1.82) is 0 Å². The molecule has 0 saturated carbocycles. The molecule has 106 valence electrons. The zero-order chi connectivity index (χ0) is 13.9. The summed E-state index contributed by atoms with van der Waals surface area (Å²) in [5.41, 5.74) is -0.126. The van der Waals surface area contributed by atoms with Gasteiger partial charge >= 0.3 is 0 Å². The topological polar surface area (TPSA) is 82.7 Å². The number of H-pyrrole nitrogens is 1. The van der Waals surface area contributed by atoms with Gasteiger partial charge in [-0.05, 0) is 31.8 Å². The van der Waals surface area contributed by atoms with Crippen LogP contribution in [0.1, 0.15) is 50.1 Å². The van der Waals surface area contributed by atoms with E-state index in [0.717, 1.165) is 25.3 Å². The molecule has 2 heterocycles. The van der Waals surface area contributed by atoms with E-state index in [1.807, 2.05) is 20.8 Å². The lowest BCUT2D eigenvalue weighted by atomic mass is 9.96. The van der Waals surface area contributed by atoms with Gasteiger partial charge in [-0.15, -0.1) is 5.10 Å². The predicted molar refractivity (Wildman–Crippen MR) is 73.0 cm³/mol. The van der Waals surface area contributed by atoms with Crippen LogP contribution in [0, 0.1) is 5.92 Å². The second kappa shape index (κ2) is 5.69. The molecule has 1 aliphatic rings. The average Bonchev–Trinajstić information content (AvgIpc) is 2.87. The summed E-state index contributed by atoms with van der Waals surface area (Å²) in [4.78, 5) is 16.2. The van der Waals surface area contributed by atoms with Crippen LogP contribution in [0.25, 0.3) is 0 Å². The second-order valence-corrected chi connectivity index (χ2v) is 6.18. The number of hydrogen-bond donors (Lipinski definition) is 3. The third-order valence-corrected chi connectivity index (χ3v) is 3.35. The van der Waals surface area contributed by atoms with Gasteiger partial charge in [-0.25, -0.2) is 4.98 Å². The zero-order valence-corrected chi connectivity index (χ0v) is 11.9. The van der Waals surface area contributed by atoms with E-state index < -0.39 is 0 Å². The van der Waals surface area contributed by atoms with E-state index in [1.54, 1.807) is 0 Å². The highest BCUT2D eigenvalue weighted by Gasteiger charge is 2.22. The fourth-order valence-corrected chi connectivity index (χ4v) is 2.11. The van der Waals surface area contributed by atoms with Gasteiger partial charge in [0.05, 0.1) is 0 Å². The summed E-state index contributed by atoms with van der Waals surface area (Å²) >= 11 is 0. The molecule has 1 aromatic heterocycles. The van der Waals surface area contributed by atoms with Gasteiger partial charge in [0.25, 0.3) is 5.91 Å². The Morgan fingerprint density at radius 3 is 2.84 bits per heavy atom. The second-order valence-electron chi connectivity index (χ2n) is 6.18. The number of nitrogens with zero attached hydrogens (tertiary/aromatic N) is 2. The van der Waals surface area contributed by atoms with Crippen molar-refractivity contribution in [2.24, 2.45) is 5.92 Å². The van der Waals surface area contributed by atoms with Crippen LogP contribution in [0.3, 0.4) is 0 Å². The zero-order valence-electron chi connectivity index (χ0n) is 11.9.